The van der Waals surface area contributed by atoms with E-state index in [1.54, 1.807) is 7.11 Å². The summed E-state index contributed by atoms with van der Waals surface area (Å²) in [6.45, 7) is 11.6. The molecule has 0 aromatic rings. The van der Waals surface area contributed by atoms with Crippen LogP contribution >= 0.6 is 0 Å². The first-order valence-corrected chi connectivity index (χ1v) is 5.97. The summed E-state index contributed by atoms with van der Waals surface area (Å²) < 4.78 is 0. The molecule has 15 heavy (non-hydrogen) atoms. The molecular weight excluding hydrogens is 186 g/mol. The van der Waals surface area contributed by atoms with E-state index in [9.17, 15) is 0 Å². The summed E-state index contributed by atoms with van der Waals surface area (Å²) in [7, 11) is 1.64. The molecule has 1 aliphatic carbocycles. The summed E-state index contributed by atoms with van der Waals surface area (Å²) in [6, 6.07) is 0. The molecule has 1 rings (SSSR count). The van der Waals surface area contributed by atoms with Gasteiger partial charge in [-0.25, -0.2) is 0 Å². The van der Waals surface area contributed by atoms with Crippen LogP contribution in [0.4, 0.5) is 0 Å². The van der Waals surface area contributed by atoms with Gasteiger partial charge in [0.25, 0.3) is 0 Å². The Hall–Kier alpha value is -0.530. The van der Waals surface area contributed by atoms with E-state index < -0.39 is 0 Å². The molecule has 0 bridgehead atoms. The van der Waals surface area contributed by atoms with E-state index in [0.29, 0.717) is 17.3 Å². The quantitative estimate of drug-likeness (QED) is 0.606. The van der Waals surface area contributed by atoms with E-state index in [4.69, 9.17) is 4.84 Å². The van der Waals surface area contributed by atoms with E-state index >= 15 is 0 Å². The van der Waals surface area contributed by atoms with Crippen molar-refractivity contribution < 1.29 is 4.84 Å². The van der Waals surface area contributed by atoms with Gasteiger partial charge in [0.05, 0.1) is 5.71 Å². The highest BCUT2D eigenvalue weighted by atomic mass is 16.6. The number of hydrogen-bond donors (Lipinski definition) is 0. The molecule has 1 aliphatic rings. The molecule has 88 valence electrons. The number of rotatable bonds is 1. The maximum absolute atomic E-state index is 4.93. The third-order valence-electron chi connectivity index (χ3n) is 3.71. The van der Waals surface area contributed by atoms with Gasteiger partial charge < -0.3 is 4.84 Å². The summed E-state index contributed by atoms with van der Waals surface area (Å²) in [5, 5.41) is 4.18. The van der Waals surface area contributed by atoms with Crippen molar-refractivity contribution in [3.05, 3.63) is 0 Å². The molecule has 1 unspecified atom stereocenters. The van der Waals surface area contributed by atoms with Crippen molar-refractivity contribution in [3.8, 4) is 0 Å². The Kier molecular flexibility index (Phi) is 3.80. The van der Waals surface area contributed by atoms with Gasteiger partial charge >= 0.3 is 0 Å². The third kappa shape index (κ3) is 2.96. The molecular formula is C13H25NO. The average molecular weight is 211 g/mol. The first-order chi connectivity index (χ1) is 6.86. The summed E-state index contributed by atoms with van der Waals surface area (Å²) in [6.07, 6.45) is 2.49. The van der Waals surface area contributed by atoms with Crippen LogP contribution in [0.2, 0.25) is 0 Å². The lowest BCUT2D eigenvalue weighted by atomic mass is 9.66. The summed E-state index contributed by atoms with van der Waals surface area (Å²) in [4.78, 5) is 4.93. The second-order valence-corrected chi connectivity index (χ2v) is 6.04. The van der Waals surface area contributed by atoms with Crippen LogP contribution in [0.25, 0.3) is 0 Å². The minimum Gasteiger partial charge on any atom is -0.399 e. The predicted octanol–water partition coefficient (Wildman–Crippen LogP) is 3.72. The zero-order chi connectivity index (χ0) is 11.6. The lowest BCUT2D eigenvalue weighted by molar-refractivity contribution is 0.160. The Morgan fingerprint density at radius 2 is 1.60 bits per heavy atom. The van der Waals surface area contributed by atoms with Crippen molar-refractivity contribution in [2.45, 2.75) is 47.5 Å². The Balaban J connectivity index is 2.75. The topological polar surface area (TPSA) is 21.6 Å². The Bertz CT molecular complexity index is 225. The molecule has 0 aliphatic heterocycles. The second kappa shape index (κ2) is 4.54. The fraction of sp³-hybridized carbons (Fsp3) is 0.923. The number of oxime groups is 1. The predicted molar refractivity (Wildman–Crippen MR) is 65.0 cm³/mol. The number of nitrogens with zero attached hydrogens (tertiary/aromatic N) is 1. The second-order valence-electron chi connectivity index (χ2n) is 6.04. The lowest BCUT2D eigenvalue weighted by Gasteiger charge is -2.40. The van der Waals surface area contributed by atoms with Gasteiger partial charge in [0.1, 0.15) is 7.11 Å². The molecule has 1 fully saturated rings. The van der Waals surface area contributed by atoms with Crippen LogP contribution in [-0.2, 0) is 4.84 Å². The summed E-state index contributed by atoms with van der Waals surface area (Å²) >= 11 is 0. The van der Waals surface area contributed by atoms with Gasteiger partial charge in [-0.1, -0.05) is 39.8 Å². The minimum atomic E-state index is 0.418. The molecule has 0 aromatic heterocycles. The first kappa shape index (κ1) is 12.5. The normalized spacial score (nSPS) is 35.6. The van der Waals surface area contributed by atoms with Crippen molar-refractivity contribution in [2.75, 3.05) is 7.11 Å². The summed E-state index contributed by atoms with van der Waals surface area (Å²) in [5.41, 5.74) is 1.67. The van der Waals surface area contributed by atoms with Crippen LogP contribution in [0, 0.1) is 23.2 Å². The standard InChI is InChI=1S/C13H25NO/c1-9-7-11(13(3,4)5)8-10(2)12(9)14-15-6/h9-11H,7-8H2,1-6H3/t9-,10+,11?. The lowest BCUT2D eigenvalue weighted by Crippen LogP contribution is -2.36. The highest BCUT2D eigenvalue weighted by Gasteiger charge is 2.35. The smallest absolute Gasteiger partial charge is 0.106 e. The highest BCUT2D eigenvalue weighted by molar-refractivity contribution is 5.88. The van der Waals surface area contributed by atoms with Crippen molar-refractivity contribution >= 4 is 5.71 Å². The maximum atomic E-state index is 4.93. The van der Waals surface area contributed by atoms with E-state index in [1.807, 2.05) is 0 Å². The van der Waals surface area contributed by atoms with Crippen molar-refractivity contribution in [3.63, 3.8) is 0 Å². The van der Waals surface area contributed by atoms with Gasteiger partial charge in [-0.15, -0.1) is 0 Å². The maximum Gasteiger partial charge on any atom is 0.106 e. The van der Waals surface area contributed by atoms with E-state index in [-0.39, 0.29) is 0 Å². The molecule has 2 heteroatoms. The fourth-order valence-corrected chi connectivity index (χ4v) is 2.67. The highest BCUT2D eigenvalue weighted by Crippen LogP contribution is 2.41. The molecule has 0 amide bonds. The van der Waals surface area contributed by atoms with Crippen molar-refractivity contribution in [2.24, 2.45) is 28.3 Å². The van der Waals surface area contributed by atoms with Gasteiger partial charge in [-0.05, 0) is 36.0 Å². The van der Waals surface area contributed by atoms with E-state index in [1.165, 1.54) is 18.6 Å². The molecule has 0 aromatic carbocycles. The monoisotopic (exact) mass is 211 g/mol. The van der Waals surface area contributed by atoms with Gasteiger partial charge in [0.2, 0.25) is 0 Å². The Morgan fingerprint density at radius 1 is 1.13 bits per heavy atom. The minimum absolute atomic E-state index is 0.418. The molecule has 3 atom stereocenters. The van der Waals surface area contributed by atoms with E-state index in [2.05, 4.69) is 39.8 Å². The van der Waals surface area contributed by atoms with Gasteiger partial charge in [0.15, 0.2) is 0 Å². The van der Waals surface area contributed by atoms with Crippen LogP contribution in [0.3, 0.4) is 0 Å². The molecule has 0 heterocycles. The molecule has 0 spiro atoms. The van der Waals surface area contributed by atoms with Gasteiger partial charge in [-0.2, -0.15) is 0 Å². The van der Waals surface area contributed by atoms with Gasteiger partial charge in [-0.3, -0.25) is 0 Å². The third-order valence-corrected chi connectivity index (χ3v) is 3.71. The van der Waals surface area contributed by atoms with Crippen LogP contribution in [0.5, 0.6) is 0 Å². The molecule has 0 N–H and O–H groups in total. The van der Waals surface area contributed by atoms with Gasteiger partial charge in [0, 0.05) is 0 Å². The zero-order valence-corrected chi connectivity index (χ0v) is 11.0. The zero-order valence-electron chi connectivity index (χ0n) is 11.0. The van der Waals surface area contributed by atoms with Crippen LogP contribution in [0.15, 0.2) is 5.16 Å². The molecule has 0 radical (unpaired) electrons. The SMILES string of the molecule is CON=C1[C@H](C)CC(C(C)(C)C)C[C@@H]1C. The largest absolute Gasteiger partial charge is 0.399 e. The van der Waals surface area contributed by atoms with Crippen molar-refractivity contribution in [1.82, 2.24) is 0 Å². The van der Waals surface area contributed by atoms with Crippen LogP contribution in [0.1, 0.15) is 47.5 Å². The van der Waals surface area contributed by atoms with Crippen LogP contribution in [-0.4, -0.2) is 12.8 Å². The summed E-state index contributed by atoms with van der Waals surface area (Å²) in [5.74, 6) is 1.94. The Labute approximate surface area is 94.1 Å². The Morgan fingerprint density at radius 3 is 1.93 bits per heavy atom. The molecule has 2 nitrogen and oxygen atoms in total. The fourth-order valence-electron chi connectivity index (χ4n) is 2.67. The number of hydrogen-bond acceptors (Lipinski definition) is 2. The van der Waals surface area contributed by atoms with Crippen LogP contribution < -0.4 is 0 Å². The first-order valence-electron chi connectivity index (χ1n) is 5.97. The molecule has 0 saturated heterocycles. The average Bonchev–Trinajstić information content (AvgIpc) is 2.09. The van der Waals surface area contributed by atoms with E-state index in [0.717, 1.165) is 5.92 Å². The van der Waals surface area contributed by atoms with Crippen molar-refractivity contribution in [1.29, 1.82) is 0 Å². The molecule has 1 saturated carbocycles.